The van der Waals surface area contributed by atoms with Crippen LogP contribution in [0.15, 0.2) is 53.7 Å². The largest absolute Gasteiger partial charge is 0.356 e. The number of nitroso groups, excluding NO2 is 1. The van der Waals surface area contributed by atoms with E-state index in [-0.39, 0.29) is 5.91 Å². The molecule has 2 aromatic rings. The Hall–Kier alpha value is -2.69. The Bertz CT molecular complexity index is 577. The molecule has 5 nitrogen and oxygen atoms in total. The van der Waals surface area contributed by atoms with Crippen LogP contribution in [0.4, 0.5) is 22.7 Å². The molecule has 2 N–H and O–H groups in total. The van der Waals surface area contributed by atoms with Gasteiger partial charge in [0.15, 0.2) is 0 Å². The van der Waals surface area contributed by atoms with E-state index in [0.29, 0.717) is 5.69 Å². The van der Waals surface area contributed by atoms with Crippen LogP contribution in [0.3, 0.4) is 0 Å². The Balaban J connectivity index is 2.05. The summed E-state index contributed by atoms with van der Waals surface area (Å²) in [6.45, 7) is 1.47. The van der Waals surface area contributed by atoms with E-state index in [0.717, 1.165) is 17.1 Å². The molecule has 0 saturated carbocycles. The van der Waals surface area contributed by atoms with Crippen molar-refractivity contribution in [3.05, 3.63) is 53.4 Å². The first-order valence-corrected chi connectivity index (χ1v) is 5.75. The fourth-order valence-electron chi connectivity index (χ4n) is 1.61. The SMILES string of the molecule is CC(=O)Nc1ccc(Nc2ccc(N=O)cc2)cc1. The molecular weight excluding hydrogens is 242 g/mol. The molecule has 0 spiro atoms. The summed E-state index contributed by atoms with van der Waals surface area (Å²) < 4.78 is 0. The Morgan fingerprint density at radius 3 is 1.84 bits per heavy atom. The first-order chi connectivity index (χ1) is 9.17. The van der Waals surface area contributed by atoms with Gasteiger partial charge in [-0.2, -0.15) is 0 Å². The van der Waals surface area contributed by atoms with Crippen LogP contribution < -0.4 is 10.6 Å². The van der Waals surface area contributed by atoms with Crippen LogP contribution in [0.1, 0.15) is 6.92 Å². The smallest absolute Gasteiger partial charge is 0.221 e. The van der Waals surface area contributed by atoms with Crippen molar-refractivity contribution >= 4 is 28.7 Å². The number of anilines is 3. The van der Waals surface area contributed by atoms with E-state index in [1.807, 2.05) is 24.3 Å². The Morgan fingerprint density at radius 2 is 1.37 bits per heavy atom. The van der Waals surface area contributed by atoms with E-state index in [2.05, 4.69) is 15.8 Å². The molecule has 19 heavy (non-hydrogen) atoms. The first kappa shape index (κ1) is 12.8. The normalized spacial score (nSPS) is 9.74. The van der Waals surface area contributed by atoms with Gasteiger partial charge in [-0.25, -0.2) is 0 Å². The minimum Gasteiger partial charge on any atom is -0.356 e. The highest BCUT2D eigenvalue weighted by Gasteiger charge is 1.98. The number of rotatable bonds is 4. The summed E-state index contributed by atoms with van der Waals surface area (Å²) in [5.74, 6) is -0.0994. The predicted molar refractivity (Wildman–Crippen MR) is 75.9 cm³/mol. The lowest BCUT2D eigenvalue weighted by atomic mass is 10.2. The zero-order valence-electron chi connectivity index (χ0n) is 10.4. The maximum Gasteiger partial charge on any atom is 0.221 e. The van der Waals surface area contributed by atoms with Gasteiger partial charge in [-0.1, -0.05) is 0 Å². The molecule has 0 atom stereocenters. The lowest BCUT2D eigenvalue weighted by molar-refractivity contribution is -0.114. The summed E-state index contributed by atoms with van der Waals surface area (Å²) in [4.78, 5) is 21.2. The van der Waals surface area contributed by atoms with Crippen LogP contribution >= 0.6 is 0 Å². The van der Waals surface area contributed by atoms with E-state index >= 15 is 0 Å². The van der Waals surface area contributed by atoms with E-state index in [4.69, 9.17) is 0 Å². The third-order valence-electron chi connectivity index (χ3n) is 2.47. The second-order valence-corrected chi connectivity index (χ2v) is 4.02. The fourth-order valence-corrected chi connectivity index (χ4v) is 1.61. The van der Waals surface area contributed by atoms with Crippen LogP contribution in [0, 0.1) is 4.91 Å². The predicted octanol–water partition coefficient (Wildman–Crippen LogP) is 3.79. The van der Waals surface area contributed by atoms with Crippen LogP contribution in [0.5, 0.6) is 0 Å². The molecule has 0 aromatic heterocycles. The average Bonchev–Trinajstić information content (AvgIpc) is 2.41. The molecule has 1 amide bonds. The Labute approximate surface area is 110 Å². The second-order valence-electron chi connectivity index (χ2n) is 4.02. The molecule has 0 aliphatic carbocycles. The molecule has 0 unspecified atom stereocenters. The summed E-state index contributed by atoms with van der Waals surface area (Å²) in [6, 6.07) is 14.2. The minimum absolute atomic E-state index is 0.0994. The molecule has 0 saturated heterocycles. The van der Waals surface area contributed by atoms with Gasteiger partial charge < -0.3 is 10.6 Å². The maximum absolute atomic E-state index is 10.9. The summed E-state index contributed by atoms with van der Waals surface area (Å²) in [5, 5.41) is 8.72. The van der Waals surface area contributed by atoms with Gasteiger partial charge in [-0.05, 0) is 53.7 Å². The van der Waals surface area contributed by atoms with E-state index in [9.17, 15) is 9.70 Å². The van der Waals surface area contributed by atoms with Gasteiger partial charge in [-0.15, -0.1) is 4.91 Å². The monoisotopic (exact) mass is 255 g/mol. The summed E-state index contributed by atoms with van der Waals surface area (Å²) in [5.41, 5.74) is 2.89. The van der Waals surface area contributed by atoms with Gasteiger partial charge in [0, 0.05) is 24.0 Å². The van der Waals surface area contributed by atoms with Crippen molar-refractivity contribution in [2.45, 2.75) is 6.92 Å². The van der Waals surface area contributed by atoms with Crippen molar-refractivity contribution in [3.63, 3.8) is 0 Å². The van der Waals surface area contributed by atoms with Crippen LogP contribution in [0.2, 0.25) is 0 Å². The third-order valence-corrected chi connectivity index (χ3v) is 2.47. The molecule has 0 heterocycles. The van der Waals surface area contributed by atoms with Crippen molar-refractivity contribution in [3.8, 4) is 0 Å². The zero-order chi connectivity index (χ0) is 13.7. The molecule has 0 aliphatic rings. The highest BCUT2D eigenvalue weighted by molar-refractivity contribution is 5.88. The molecule has 0 aliphatic heterocycles. The topological polar surface area (TPSA) is 70.6 Å². The summed E-state index contributed by atoms with van der Waals surface area (Å²) in [7, 11) is 0. The van der Waals surface area contributed by atoms with Gasteiger partial charge in [0.2, 0.25) is 5.91 Å². The molecular formula is C14H13N3O2. The standard InChI is InChI=1S/C14H13N3O2/c1-10(18)15-11-2-4-12(5-3-11)16-13-6-8-14(17-19)9-7-13/h2-9,16H,1H3,(H,15,18). The van der Waals surface area contributed by atoms with Crippen molar-refractivity contribution in [2.24, 2.45) is 5.18 Å². The number of carbonyl (C=O) groups excluding carboxylic acids is 1. The second kappa shape index (κ2) is 5.77. The average molecular weight is 255 g/mol. The van der Waals surface area contributed by atoms with Gasteiger partial charge in [0.25, 0.3) is 0 Å². The highest BCUT2D eigenvalue weighted by Crippen LogP contribution is 2.21. The van der Waals surface area contributed by atoms with E-state index < -0.39 is 0 Å². The molecule has 2 aromatic carbocycles. The van der Waals surface area contributed by atoms with Crippen molar-refractivity contribution in [2.75, 3.05) is 10.6 Å². The van der Waals surface area contributed by atoms with E-state index in [1.54, 1.807) is 24.3 Å². The molecule has 2 rings (SSSR count). The van der Waals surface area contributed by atoms with E-state index in [1.165, 1.54) is 6.92 Å². The number of carbonyl (C=O) groups is 1. The fraction of sp³-hybridized carbons (Fsp3) is 0.0714. The third kappa shape index (κ3) is 3.64. The van der Waals surface area contributed by atoms with Gasteiger partial charge in [0.1, 0.15) is 5.69 Å². The number of amides is 1. The highest BCUT2D eigenvalue weighted by atomic mass is 16.3. The Morgan fingerprint density at radius 1 is 0.895 bits per heavy atom. The summed E-state index contributed by atoms with van der Waals surface area (Å²) >= 11 is 0. The molecule has 0 radical (unpaired) electrons. The quantitative estimate of drug-likeness (QED) is 0.816. The molecule has 5 heteroatoms. The molecule has 0 fully saturated rings. The van der Waals surface area contributed by atoms with Crippen LogP contribution in [-0.2, 0) is 4.79 Å². The summed E-state index contributed by atoms with van der Waals surface area (Å²) in [6.07, 6.45) is 0. The number of benzene rings is 2. The van der Waals surface area contributed by atoms with Crippen LogP contribution in [-0.4, -0.2) is 5.91 Å². The molecule has 96 valence electrons. The number of nitrogens with one attached hydrogen (secondary N) is 2. The number of hydrogen-bond acceptors (Lipinski definition) is 4. The van der Waals surface area contributed by atoms with Crippen LogP contribution in [0.25, 0.3) is 0 Å². The lowest BCUT2D eigenvalue weighted by Gasteiger charge is -2.07. The van der Waals surface area contributed by atoms with Gasteiger partial charge in [0.05, 0.1) is 0 Å². The lowest BCUT2D eigenvalue weighted by Crippen LogP contribution is -2.05. The van der Waals surface area contributed by atoms with Gasteiger partial charge in [-0.3, -0.25) is 4.79 Å². The van der Waals surface area contributed by atoms with Gasteiger partial charge >= 0.3 is 0 Å². The zero-order valence-corrected chi connectivity index (χ0v) is 10.4. The Kier molecular flexibility index (Phi) is 3.87. The van der Waals surface area contributed by atoms with Crippen molar-refractivity contribution in [1.29, 1.82) is 0 Å². The van der Waals surface area contributed by atoms with Crippen molar-refractivity contribution in [1.82, 2.24) is 0 Å². The minimum atomic E-state index is -0.0994. The molecule has 0 bridgehead atoms. The number of nitrogens with zero attached hydrogens (tertiary/aromatic N) is 1. The maximum atomic E-state index is 10.9. The first-order valence-electron chi connectivity index (χ1n) is 5.75. The number of hydrogen-bond donors (Lipinski definition) is 2. The van der Waals surface area contributed by atoms with Crippen molar-refractivity contribution < 1.29 is 4.79 Å².